The van der Waals surface area contributed by atoms with Crippen molar-refractivity contribution in [2.45, 2.75) is 19.9 Å². The van der Waals surface area contributed by atoms with Gasteiger partial charge in [-0.2, -0.15) is 11.3 Å². The Bertz CT molecular complexity index is 496. The highest BCUT2D eigenvalue weighted by molar-refractivity contribution is 7.07. The molecule has 4 heteroatoms. The summed E-state index contributed by atoms with van der Waals surface area (Å²) < 4.78 is 0. The van der Waals surface area contributed by atoms with E-state index in [9.17, 15) is 0 Å². The highest BCUT2D eigenvalue weighted by Gasteiger charge is 2.07. The van der Waals surface area contributed by atoms with E-state index in [1.54, 1.807) is 11.3 Å². The molecule has 0 aliphatic rings. The maximum absolute atomic E-state index is 9.06. The minimum absolute atomic E-state index is 0.184. The van der Waals surface area contributed by atoms with Crippen LogP contribution < -0.4 is 10.2 Å². The summed E-state index contributed by atoms with van der Waals surface area (Å²) in [6.07, 6.45) is 0. The molecule has 0 radical (unpaired) electrons. The number of likely N-dealkylation sites (N-methyl/N-ethyl adjacent to an activating group) is 1. The molecular formula is C16H22N2OS. The molecule has 0 saturated heterocycles. The lowest BCUT2D eigenvalue weighted by Gasteiger charge is -2.22. The Morgan fingerprint density at radius 1 is 1.25 bits per heavy atom. The lowest BCUT2D eigenvalue weighted by molar-refractivity contribution is 0.302. The standard InChI is InChI=1S/C16H22N2OS/c1-3-18(9-10-19)16-6-4-15(5-7-16)17-13(2)14-8-11-20-12-14/h4-8,11-13,17,19H,3,9-10H2,1-2H3. The van der Waals surface area contributed by atoms with Crippen LogP contribution in [0.5, 0.6) is 0 Å². The van der Waals surface area contributed by atoms with E-state index in [0.29, 0.717) is 12.6 Å². The van der Waals surface area contributed by atoms with Crippen molar-refractivity contribution in [1.82, 2.24) is 0 Å². The topological polar surface area (TPSA) is 35.5 Å². The Morgan fingerprint density at radius 3 is 2.55 bits per heavy atom. The summed E-state index contributed by atoms with van der Waals surface area (Å²) in [7, 11) is 0. The fourth-order valence-corrected chi connectivity index (χ4v) is 2.97. The number of aliphatic hydroxyl groups excluding tert-OH is 1. The summed E-state index contributed by atoms with van der Waals surface area (Å²) >= 11 is 1.72. The van der Waals surface area contributed by atoms with E-state index in [2.05, 4.69) is 65.2 Å². The van der Waals surface area contributed by atoms with Gasteiger partial charge in [-0.1, -0.05) is 0 Å². The van der Waals surface area contributed by atoms with Crippen LogP contribution in [0, 0.1) is 0 Å². The Hall–Kier alpha value is -1.52. The molecule has 0 amide bonds. The Kier molecular flexibility index (Phi) is 5.44. The molecular weight excluding hydrogens is 268 g/mol. The van der Waals surface area contributed by atoms with Crippen LogP contribution in [-0.4, -0.2) is 24.8 Å². The summed E-state index contributed by atoms with van der Waals surface area (Å²) in [5.74, 6) is 0. The molecule has 1 aromatic heterocycles. The molecule has 0 bridgehead atoms. The van der Waals surface area contributed by atoms with Crippen LogP contribution in [0.25, 0.3) is 0 Å². The summed E-state index contributed by atoms with van der Waals surface area (Å²) in [5.41, 5.74) is 3.58. The maximum atomic E-state index is 9.06. The first kappa shape index (κ1) is 14.9. The quantitative estimate of drug-likeness (QED) is 0.815. The number of aliphatic hydroxyl groups is 1. The van der Waals surface area contributed by atoms with Crippen molar-refractivity contribution in [2.24, 2.45) is 0 Å². The van der Waals surface area contributed by atoms with Gasteiger partial charge in [0.1, 0.15) is 0 Å². The van der Waals surface area contributed by atoms with Gasteiger partial charge in [0, 0.05) is 30.5 Å². The van der Waals surface area contributed by atoms with Crippen LogP contribution in [-0.2, 0) is 0 Å². The fraction of sp³-hybridized carbons (Fsp3) is 0.375. The first-order chi connectivity index (χ1) is 9.74. The monoisotopic (exact) mass is 290 g/mol. The zero-order valence-corrected chi connectivity index (χ0v) is 12.9. The highest BCUT2D eigenvalue weighted by atomic mass is 32.1. The summed E-state index contributed by atoms with van der Waals surface area (Å²) in [4.78, 5) is 2.16. The van der Waals surface area contributed by atoms with Crippen LogP contribution in [0.1, 0.15) is 25.5 Å². The molecule has 1 atom stereocenters. The molecule has 0 aliphatic heterocycles. The molecule has 2 N–H and O–H groups in total. The van der Waals surface area contributed by atoms with Crippen LogP contribution in [0.2, 0.25) is 0 Å². The second-order valence-corrected chi connectivity index (χ2v) is 5.55. The molecule has 3 nitrogen and oxygen atoms in total. The predicted molar refractivity (Wildman–Crippen MR) is 87.8 cm³/mol. The van der Waals surface area contributed by atoms with Gasteiger partial charge < -0.3 is 15.3 Å². The average Bonchev–Trinajstić information content (AvgIpc) is 3.00. The molecule has 0 saturated carbocycles. The van der Waals surface area contributed by atoms with Gasteiger partial charge in [0.2, 0.25) is 0 Å². The average molecular weight is 290 g/mol. The Morgan fingerprint density at radius 2 is 2.00 bits per heavy atom. The van der Waals surface area contributed by atoms with Crippen LogP contribution in [0.3, 0.4) is 0 Å². The summed E-state index contributed by atoms with van der Waals surface area (Å²) in [6, 6.07) is 10.9. The Balaban J connectivity index is 2.01. The van der Waals surface area contributed by atoms with Crippen molar-refractivity contribution < 1.29 is 5.11 Å². The molecule has 1 heterocycles. The largest absolute Gasteiger partial charge is 0.395 e. The third kappa shape index (κ3) is 3.74. The molecule has 20 heavy (non-hydrogen) atoms. The van der Waals surface area contributed by atoms with Crippen molar-refractivity contribution >= 4 is 22.7 Å². The minimum atomic E-state index is 0.184. The van der Waals surface area contributed by atoms with Crippen molar-refractivity contribution in [3.8, 4) is 0 Å². The number of rotatable bonds is 7. The van der Waals surface area contributed by atoms with E-state index in [1.807, 2.05) is 0 Å². The molecule has 0 spiro atoms. The molecule has 1 aromatic carbocycles. The van der Waals surface area contributed by atoms with Gasteiger partial charge >= 0.3 is 0 Å². The van der Waals surface area contributed by atoms with E-state index >= 15 is 0 Å². The molecule has 0 fully saturated rings. The molecule has 108 valence electrons. The van der Waals surface area contributed by atoms with Crippen molar-refractivity contribution in [3.05, 3.63) is 46.7 Å². The number of hydrogen-bond acceptors (Lipinski definition) is 4. The Labute approximate surface area is 124 Å². The normalized spacial score (nSPS) is 12.2. The number of anilines is 2. The third-order valence-electron chi connectivity index (χ3n) is 3.41. The van der Waals surface area contributed by atoms with Gasteiger partial charge in [-0.15, -0.1) is 0 Å². The van der Waals surface area contributed by atoms with E-state index in [4.69, 9.17) is 5.11 Å². The molecule has 2 aromatic rings. The van der Waals surface area contributed by atoms with Gasteiger partial charge in [-0.05, 0) is 60.5 Å². The highest BCUT2D eigenvalue weighted by Crippen LogP contribution is 2.23. The van der Waals surface area contributed by atoms with E-state index in [1.165, 1.54) is 5.56 Å². The summed E-state index contributed by atoms with van der Waals surface area (Å²) in [6.45, 7) is 6.02. The number of benzene rings is 1. The molecule has 2 rings (SSSR count). The van der Waals surface area contributed by atoms with Gasteiger partial charge in [0.25, 0.3) is 0 Å². The van der Waals surface area contributed by atoms with Crippen LogP contribution in [0.15, 0.2) is 41.1 Å². The zero-order chi connectivity index (χ0) is 14.4. The molecule has 0 aliphatic carbocycles. The lowest BCUT2D eigenvalue weighted by atomic mass is 10.1. The number of nitrogens with one attached hydrogen (secondary N) is 1. The smallest absolute Gasteiger partial charge is 0.0606 e. The fourth-order valence-electron chi connectivity index (χ4n) is 2.21. The number of nitrogens with zero attached hydrogens (tertiary/aromatic N) is 1. The van der Waals surface area contributed by atoms with Crippen molar-refractivity contribution in [2.75, 3.05) is 29.9 Å². The van der Waals surface area contributed by atoms with Gasteiger partial charge in [0.05, 0.1) is 6.61 Å². The van der Waals surface area contributed by atoms with Crippen molar-refractivity contribution in [3.63, 3.8) is 0 Å². The lowest BCUT2D eigenvalue weighted by Crippen LogP contribution is -2.25. The second kappa shape index (κ2) is 7.31. The second-order valence-electron chi connectivity index (χ2n) is 4.77. The van der Waals surface area contributed by atoms with Crippen LogP contribution in [0.4, 0.5) is 11.4 Å². The van der Waals surface area contributed by atoms with Gasteiger partial charge in [-0.3, -0.25) is 0 Å². The maximum Gasteiger partial charge on any atom is 0.0606 e. The minimum Gasteiger partial charge on any atom is -0.395 e. The first-order valence-corrected chi connectivity index (χ1v) is 7.93. The van der Waals surface area contributed by atoms with E-state index in [0.717, 1.165) is 17.9 Å². The molecule has 1 unspecified atom stereocenters. The summed E-state index contributed by atoms with van der Waals surface area (Å²) in [5, 5.41) is 16.8. The first-order valence-electron chi connectivity index (χ1n) is 6.99. The SMILES string of the molecule is CCN(CCO)c1ccc(NC(C)c2ccsc2)cc1. The van der Waals surface area contributed by atoms with E-state index < -0.39 is 0 Å². The van der Waals surface area contributed by atoms with Crippen LogP contribution >= 0.6 is 11.3 Å². The zero-order valence-electron chi connectivity index (χ0n) is 12.0. The van der Waals surface area contributed by atoms with Crippen molar-refractivity contribution in [1.29, 1.82) is 0 Å². The van der Waals surface area contributed by atoms with E-state index in [-0.39, 0.29) is 6.61 Å². The number of thiophene rings is 1. The predicted octanol–water partition coefficient (Wildman–Crippen LogP) is 3.74. The number of hydrogen-bond donors (Lipinski definition) is 2. The van der Waals surface area contributed by atoms with Gasteiger partial charge in [-0.25, -0.2) is 0 Å². The third-order valence-corrected chi connectivity index (χ3v) is 4.11. The van der Waals surface area contributed by atoms with Gasteiger partial charge in [0.15, 0.2) is 0 Å².